The van der Waals surface area contributed by atoms with E-state index in [4.69, 9.17) is 4.74 Å². The summed E-state index contributed by atoms with van der Waals surface area (Å²) in [5, 5.41) is 4.31. The molecule has 166 valence electrons. The van der Waals surface area contributed by atoms with Crippen LogP contribution in [0.15, 0.2) is 36.5 Å². The third-order valence-electron chi connectivity index (χ3n) is 6.37. The van der Waals surface area contributed by atoms with Crippen molar-refractivity contribution in [2.45, 2.75) is 45.1 Å². The number of nitrogens with zero attached hydrogens (tertiary/aromatic N) is 4. The Morgan fingerprint density at radius 1 is 1.06 bits per heavy atom. The Balaban J connectivity index is 1.49. The fourth-order valence-electron chi connectivity index (χ4n) is 4.70. The molecule has 2 aliphatic rings. The lowest BCUT2D eigenvalue weighted by atomic mass is 9.90. The Labute approximate surface area is 184 Å². The van der Waals surface area contributed by atoms with E-state index in [1.807, 2.05) is 54.1 Å². The zero-order chi connectivity index (χ0) is 21.8. The highest BCUT2D eigenvalue weighted by Crippen LogP contribution is 2.28. The first-order chi connectivity index (χ1) is 15.0. The molecule has 3 heterocycles. The monoisotopic (exact) mass is 424 g/mol. The Kier molecular flexibility index (Phi) is 6.59. The minimum absolute atomic E-state index is 0.0146. The van der Waals surface area contributed by atoms with Crippen molar-refractivity contribution in [3.8, 4) is 5.75 Å². The SMILES string of the molecule is Cc1nn(C)cc1C(=O)N1CC[C@H](Oc2ccccc2)[C@@H](CC(=O)N2CCCCC2)C1. The Bertz CT molecular complexity index is 905. The molecule has 0 radical (unpaired) electrons. The molecule has 0 bridgehead atoms. The van der Waals surface area contributed by atoms with Crippen LogP contribution < -0.4 is 4.74 Å². The van der Waals surface area contributed by atoms with Crippen molar-refractivity contribution in [3.63, 3.8) is 0 Å². The molecule has 7 nitrogen and oxygen atoms in total. The van der Waals surface area contributed by atoms with Crippen molar-refractivity contribution in [3.05, 3.63) is 47.8 Å². The number of ether oxygens (including phenoxy) is 1. The average molecular weight is 425 g/mol. The smallest absolute Gasteiger partial charge is 0.257 e. The molecule has 0 saturated carbocycles. The molecule has 0 unspecified atom stereocenters. The van der Waals surface area contributed by atoms with Crippen molar-refractivity contribution in [2.24, 2.45) is 13.0 Å². The van der Waals surface area contributed by atoms with E-state index in [0.29, 0.717) is 31.5 Å². The molecule has 2 fully saturated rings. The predicted molar refractivity (Wildman–Crippen MR) is 118 cm³/mol. The highest BCUT2D eigenvalue weighted by molar-refractivity contribution is 5.95. The minimum Gasteiger partial charge on any atom is -0.490 e. The van der Waals surface area contributed by atoms with E-state index in [-0.39, 0.29) is 23.8 Å². The zero-order valence-electron chi connectivity index (χ0n) is 18.5. The second kappa shape index (κ2) is 9.54. The highest BCUT2D eigenvalue weighted by atomic mass is 16.5. The van der Waals surface area contributed by atoms with Crippen molar-refractivity contribution >= 4 is 11.8 Å². The maximum Gasteiger partial charge on any atom is 0.257 e. The van der Waals surface area contributed by atoms with Gasteiger partial charge in [-0.05, 0) is 38.3 Å². The normalized spacial score (nSPS) is 21.7. The van der Waals surface area contributed by atoms with Gasteiger partial charge in [0, 0.05) is 58.2 Å². The summed E-state index contributed by atoms with van der Waals surface area (Å²) in [6.45, 7) is 4.67. The zero-order valence-corrected chi connectivity index (χ0v) is 18.5. The molecule has 7 heteroatoms. The second-order valence-electron chi connectivity index (χ2n) is 8.72. The summed E-state index contributed by atoms with van der Waals surface area (Å²) < 4.78 is 7.96. The van der Waals surface area contributed by atoms with Gasteiger partial charge in [-0.3, -0.25) is 14.3 Å². The number of likely N-dealkylation sites (tertiary alicyclic amines) is 2. The van der Waals surface area contributed by atoms with Crippen LogP contribution in [0.3, 0.4) is 0 Å². The summed E-state index contributed by atoms with van der Waals surface area (Å²) in [7, 11) is 1.82. The van der Waals surface area contributed by atoms with Gasteiger partial charge in [-0.15, -0.1) is 0 Å². The van der Waals surface area contributed by atoms with Crippen LogP contribution in [0.25, 0.3) is 0 Å². The van der Waals surface area contributed by atoms with E-state index in [1.54, 1.807) is 10.9 Å². The van der Waals surface area contributed by atoms with E-state index in [0.717, 1.165) is 37.4 Å². The van der Waals surface area contributed by atoms with Crippen molar-refractivity contribution in [1.82, 2.24) is 19.6 Å². The number of hydrogen-bond donors (Lipinski definition) is 0. The number of carbonyl (C=O) groups excluding carboxylic acids is 2. The van der Waals surface area contributed by atoms with Gasteiger partial charge in [0.15, 0.2) is 0 Å². The molecular formula is C24H32N4O3. The lowest BCUT2D eigenvalue weighted by Crippen LogP contribution is -2.50. The number of hydrogen-bond acceptors (Lipinski definition) is 4. The van der Waals surface area contributed by atoms with Crippen LogP contribution in [0.1, 0.15) is 48.2 Å². The number of aryl methyl sites for hydroxylation is 2. The van der Waals surface area contributed by atoms with Crippen LogP contribution in [0.2, 0.25) is 0 Å². The predicted octanol–water partition coefficient (Wildman–Crippen LogP) is 3.04. The molecule has 0 N–H and O–H groups in total. The summed E-state index contributed by atoms with van der Waals surface area (Å²) >= 11 is 0. The summed E-state index contributed by atoms with van der Waals surface area (Å²) in [6, 6.07) is 9.75. The summed E-state index contributed by atoms with van der Waals surface area (Å²) in [5.74, 6) is 0.938. The van der Waals surface area contributed by atoms with Crippen LogP contribution in [-0.4, -0.2) is 63.7 Å². The van der Waals surface area contributed by atoms with Gasteiger partial charge in [-0.1, -0.05) is 18.2 Å². The quantitative estimate of drug-likeness (QED) is 0.740. The van der Waals surface area contributed by atoms with E-state index in [1.165, 1.54) is 6.42 Å². The molecule has 2 aliphatic heterocycles. The van der Waals surface area contributed by atoms with Crippen molar-refractivity contribution in [1.29, 1.82) is 0 Å². The summed E-state index contributed by atoms with van der Waals surface area (Å²) in [4.78, 5) is 30.0. The van der Waals surface area contributed by atoms with Gasteiger partial charge in [0.05, 0.1) is 11.3 Å². The first-order valence-corrected chi connectivity index (χ1v) is 11.3. The number of benzene rings is 1. The third-order valence-corrected chi connectivity index (χ3v) is 6.37. The molecule has 2 aromatic rings. The third kappa shape index (κ3) is 5.09. The largest absolute Gasteiger partial charge is 0.490 e. The van der Waals surface area contributed by atoms with E-state index in [2.05, 4.69) is 5.10 Å². The Morgan fingerprint density at radius 2 is 1.81 bits per heavy atom. The first-order valence-electron chi connectivity index (χ1n) is 11.3. The van der Waals surface area contributed by atoms with Gasteiger partial charge in [0.25, 0.3) is 5.91 Å². The van der Waals surface area contributed by atoms with Crippen LogP contribution in [0.4, 0.5) is 0 Å². The molecule has 31 heavy (non-hydrogen) atoms. The number of aromatic nitrogens is 2. The first kappa shape index (κ1) is 21.4. The lowest BCUT2D eigenvalue weighted by Gasteiger charge is -2.39. The van der Waals surface area contributed by atoms with Crippen LogP contribution in [-0.2, 0) is 11.8 Å². The fraction of sp³-hybridized carbons (Fsp3) is 0.542. The highest BCUT2D eigenvalue weighted by Gasteiger charge is 2.36. The van der Waals surface area contributed by atoms with Gasteiger partial charge in [0.1, 0.15) is 11.9 Å². The van der Waals surface area contributed by atoms with E-state index >= 15 is 0 Å². The number of carbonyl (C=O) groups is 2. The van der Waals surface area contributed by atoms with Crippen molar-refractivity contribution < 1.29 is 14.3 Å². The summed E-state index contributed by atoms with van der Waals surface area (Å²) in [6.07, 6.45) is 6.15. The van der Waals surface area contributed by atoms with E-state index in [9.17, 15) is 9.59 Å². The Morgan fingerprint density at radius 3 is 2.48 bits per heavy atom. The van der Waals surface area contributed by atoms with Gasteiger partial charge in [0.2, 0.25) is 5.91 Å². The minimum atomic E-state index is -0.0878. The second-order valence-corrected chi connectivity index (χ2v) is 8.72. The Hall–Kier alpha value is -2.83. The molecule has 2 amide bonds. The number of amides is 2. The topological polar surface area (TPSA) is 67.7 Å². The molecular weight excluding hydrogens is 392 g/mol. The molecule has 0 aliphatic carbocycles. The lowest BCUT2D eigenvalue weighted by molar-refractivity contribution is -0.134. The maximum absolute atomic E-state index is 13.2. The standard InChI is InChI=1S/C24H32N4O3/c1-18-21(17-26(2)25-18)24(30)28-14-11-22(31-20-9-5-3-6-10-20)19(16-28)15-23(29)27-12-7-4-8-13-27/h3,5-6,9-10,17,19,22H,4,7-8,11-16H2,1-2H3/t19-,22-/m0/s1. The number of rotatable bonds is 5. The van der Waals surface area contributed by atoms with Crippen LogP contribution >= 0.6 is 0 Å². The van der Waals surface area contributed by atoms with Gasteiger partial charge in [-0.25, -0.2) is 0 Å². The molecule has 4 rings (SSSR count). The van der Waals surface area contributed by atoms with Gasteiger partial charge < -0.3 is 14.5 Å². The van der Waals surface area contributed by atoms with Gasteiger partial charge in [-0.2, -0.15) is 5.10 Å². The van der Waals surface area contributed by atoms with Crippen LogP contribution in [0, 0.1) is 12.8 Å². The molecule has 1 aromatic carbocycles. The van der Waals surface area contributed by atoms with E-state index < -0.39 is 0 Å². The molecule has 1 aromatic heterocycles. The number of piperidine rings is 2. The fourth-order valence-corrected chi connectivity index (χ4v) is 4.70. The van der Waals surface area contributed by atoms with Gasteiger partial charge >= 0.3 is 0 Å². The van der Waals surface area contributed by atoms with Crippen LogP contribution in [0.5, 0.6) is 5.75 Å². The summed E-state index contributed by atoms with van der Waals surface area (Å²) in [5.41, 5.74) is 1.36. The van der Waals surface area contributed by atoms with Crippen molar-refractivity contribution in [2.75, 3.05) is 26.2 Å². The maximum atomic E-state index is 13.2. The number of para-hydroxylation sites is 1. The molecule has 2 saturated heterocycles. The molecule has 2 atom stereocenters. The molecule has 0 spiro atoms. The average Bonchev–Trinajstić information content (AvgIpc) is 3.13.